The van der Waals surface area contributed by atoms with Gasteiger partial charge in [-0.2, -0.15) is 0 Å². The largest absolute Gasteiger partial charge is 0.481 e. The predicted molar refractivity (Wildman–Crippen MR) is 117 cm³/mol. The number of carbonyl (C=O) groups is 1. The summed E-state index contributed by atoms with van der Waals surface area (Å²) in [5, 5.41) is 29.7. The lowest BCUT2D eigenvalue weighted by Crippen LogP contribution is -2.29. The molecular formula is C25H34O6. The van der Waals surface area contributed by atoms with Crippen molar-refractivity contribution in [2.24, 2.45) is 11.8 Å². The normalized spacial score (nSPS) is 28.1. The quantitative estimate of drug-likeness (QED) is 0.367. The van der Waals surface area contributed by atoms with Crippen molar-refractivity contribution in [1.29, 1.82) is 0 Å². The zero-order chi connectivity index (χ0) is 22.1. The second-order valence-electron chi connectivity index (χ2n) is 8.46. The maximum atomic E-state index is 10.6. The van der Waals surface area contributed by atoms with Gasteiger partial charge in [0, 0.05) is 25.2 Å². The molecule has 0 spiro atoms. The summed E-state index contributed by atoms with van der Waals surface area (Å²) in [6.07, 6.45) is 10.6. The van der Waals surface area contributed by atoms with Crippen molar-refractivity contribution in [3.05, 3.63) is 60.2 Å². The minimum Gasteiger partial charge on any atom is -0.481 e. The molecule has 3 rings (SSSR count). The van der Waals surface area contributed by atoms with Gasteiger partial charge in [0.25, 0.3) is 0 Å². The standard InChI is InChI=1S/C25H34O6/c26-22-18-23(27)21(20(22)10-6-1-2-7-11-24(28)29)13-15-25(30-16-17-31-25)14-12-19-8-4-3-5-9-19/h1,3-6,8-9,13,15,20-23,26-27H,2,7,10-12,14,16-18H2,(H,28,29)/b6-1-,15-13+/t20-,21-,22+,23-/m1/s1. The van der Waals surface area contributed by atoms with Gasteiger partial charge in [-0.25, -0.2) is 0 Å². The minimum atomic E-state index is -0.791. The number of hydrogen-bond acceptors (Lipinski definition) is 5. The molecule has 31 heavy (non-hydrogen) atoms. The summed E-state index contributed by atoms with van der Waals surface area (Å²) < 4.78 is 11.9. The van der Waals surface area contributed by atoms with Gasteiger partial charge in [-0.3, -0.25) is 4.79 Å². The van der Waals surface area contributed by atoms with Gasteiger partial charge in [0.05, 0.1) is 25.4 Å². The van der Waals surface area contributed by atoms with Crippen molar-refractivity contribution in [3.63, 3.8) is 0 Å². The fourth-order valence-electron chi connectivity index (χ4n) is 4.46. The number of ether oxygens (including phenoxy) is 2. The number of carboxylic acid groups (broad SMARTS) is 1. The Morgan fingerprint density at radius 3 is 2.55 bits per heavy atom. The molecule has 0 bridgehead atoms. The highest BCUT2D eigenvalue weighted by Crippen LogP contribution is 2.38. The maximum Gasteiger partial charge on any atom is 0.303 e. The van der Waals surface area contributed by atoms with Crippen LogP contribution in [0.25, 0.3) is 0 Å². The van der Waals surface area contributed by atoms with Crippen molar-refractivity contribution < 1.29 is 29.6 Å². The van der Waals surface area contributed by atoms with E-state index in [0.717, 1.165) is 6.42 Å². The Bertz CT molecular complexity index is 738. The van der Waals surface area contributed by atoms with E-state index in [1.807, 2.05) is 42.5 Å². The van der Waals surface area contributed by atoms with Crippen LogP contribution in [-0.2, 0) is 20.7 Å². The van der Waals surface area contributed by atoms with E-state index in [4.69, 9.17) is 14.6 Å². The van der Waals surface area contributed by atoms with Crippen molar-refractivity contribution in [1.82, 2.24) is 0 Å². The molecule has 1 aliphatic heterocycles. The van der Waals surface area contributed by atoms with Crippen molar-refractivity contribution in [2.75, 3.05) is 13.2 Å². The van der Waals surface area contributed by atoms with Gasteiger partial charge in [-0.1, -0.05) is 48.6 Å². The molecule has 0 unspecified atom stereocenters. The van der Waals surface area contributed by atoms with Crippen LogP contribution in [0.2, 0.25) is 0 Å². The van der Waals surface area contributed by atoms with E-state index >= 15 is 0 Å². The summed E-state index contributed by atoms with van der Waals surface area (Å²) in [6, 6.07) is 10.2. The zero-order valence-corrected chi connectivity index (χ0v) is 17.9. The van der Waals surface area contributed by atoms with E-state index < -0.39 is 24.0 Å². The highest BCUT2D eigenvalue weighted by Gasteiger charge is 2.41. The van der Waals surface area contributed by atoms with E-state index in [-0.39, 0.29) is 18.3 Å². The molecule has 1 heterocycles. The first kappa shape index (κ1) is 23.7. The van der Waals surface area contributed by atoms with Crippen LogP contribution in [0.15, 0.2) is 54.6 Å². The third-order valence-corrected chi connectivity index (χ3v) is 6.21. The summed E-state index contributed by atoms with van der Waals surface area (Å²) in [4.78, 5) is 10.6. The van der Waals surface area contributed by atoms with E-state index in [2.05, 4.69) is 12.1 Å². The lowest BCUT2D eigenvalue weighted by Gasteiger charge is -2.26. The number of benzene rings is 1. The SMILES string of the molecule is O=C(O)CCC/C=C\C[C@@H]1[C@@H](/C=C/C2(CCc3ccccc3)OCCO2)[C@H](O)C[C@@H]1O. The summed E-state index contributed by atoms with van der Waals surface area (Å²) in [5.41, 5.74) is 1.22. The van der Waals surface area contributed by atoms with Crippen molar-refractivity contribution in [3.8, 4) is 0 Å². The lowest BCUT2D eigenvalue weighted by atomic mass is 9.89. The molecule has 1 aromatic rings. The van der Waals surface area contributed by atoms with Gasteiger partial charge < -0.3 is 24.8 Å². The average molecular weight is 431 g/mol. The number of aliphatic hydroxyl groups is 2. The van der Waals surface area contributed by atoms with Gasteiger partial charge in [0.1, 0.15) is 0 Å². The smallest absolute Gasteiger partial charge is 0.303 e. The van der Waals surface area contributed by atoms with Gasteiger partial charge in [0.2, 0.25) is 0 Å². The Morgan fingerprint density at radius 2 is 1.84 bits per heavy atom. The van der Waals surface area contributed by atoms with Crippen molar-refractivity contribution in [2.45, 2.75) is 62.9 Å². The van der Waals surface area contributed by atoms with Crippen LogP contribution >= 0.6 is 0 Å². The average Bonchev–Trinajstić information content (AvgIpc) is 3.32. The van der Waals surface area contributed by atoms with E-state index in [1.165, 1.54) is 5.56 Å². The van der Waals surface area contributed by atoms with Crippen LogP contribution in [0.4, 0.5) is 0 Å². The van der Waals surface area contributed by atoms with Crippen LogP contribution in [-0.4, -0.2) is 52.5 Å². The molecule has 1 aromatic carbocycles. The molecule has 1 aliphatic carbocycles. The highest BCUT2D eigenvalue weighted by atomic mass is 16.7. The van der Waals surface area contributed by atoms with Gasteiger partial charge >= 0.3 is 5.97 Å². The fraction of sp³-hybridized carbons (Fsp3) is 0.560. The second kappa shape index (κ2) is 11.6. The lowest BCUT2D eigenvalue weighted by molar-refractivity contribution is -0.137. The molecule has 1 saturated carbocycles. The molecule has 6 heteroatoms. The molecule has 2 aliphatic rings. The topological polar surface area (TPSA) is 96.2 Å². The Morgan fingerprint density at radius 1 is 1.10 bits per heavy atom. The van der Waals surface area contributed by atoms with Crippen LogP contribution in [0, 0.1) is 11.8 Å². The Hall–Kier alpha value is -1.99. The molecule has 170 valence electrons. The zero-order valence-electron chi connectivity index (χ0n) is 17.9. The van der Waals surface area contributed by atoms with Crippen LogP contribution < -0.4 is 0 Å². The summed E-state index contributed by atoms with van der Waals surface area (Å²) in [7, 11) is 0. The highest BCUT2D eigenvalue weighted by molar-refractivity contribution is 5.66. The minimum absolute atomic E-state index is 0.0884. The van der Waals surface area contributed by atoms with Gasteiger partial charge in [-0.05, 0) is 43.2 Å². The number of unbranched alkanes of at least 4 members (excludes halogenated alkanes) is 1. The van der Waals surface area contributed by atoms with Crippen LogP contribution in [0.1, 0.15) is 44.1 Å². The Kier molecular flexibility index (Phi) is 8.84. The second-order valence-corrected chi connectivity index (χ2v) is 8.46. The number of hydrogen-bond donors (Lipinski definition) is 3. The maximum absolute atomic E-state index is 10.6. The van der Waals surface area contributed by atoms with E-state index in [1.54, 1.807) is 0 Å². The summed E-state index contributed by atoms with van der Waals surface area (Å²) >= 11 is 0. The monoisotopic (exact) mass is 430 g/mol. The number of rotatable bonds is 11. The van der Waals surface area contributed by atoms with Crippen molar-refractivity contribution >= 4 is 5.97 Å². The number of aliphatic hydroxyl groups excluding tert-OH is 2. The van der Waals surface area contributed by atoms with Crippen LogP contribution in [0.3, 0.4) is 0 Å². The van der Waals surface area contributed by atoms with E-state index in [0.29, 0.717) is 45.3 Å². The number of aliphatic carboxylic acids is 1. The third-order valence-electron chi connectivity index (χ3n) is 6.21. The number of aryl methyl sites for hydroxylation is 1. The molecule has 2 fully saturated rings. The van der Waals surface area contributed by atoms with Gasteiger partial charge in [-0.15, -0.1) is 0 Å². The van der Waals surface area contributed by atoms with Crippen LogP contribution in [0.5, 0.6) is 0 Å². The summed E-state index contributed by atoms with van der Waals surface area (Å²) in [6.45, 7) is 1.08. The number of allylic oxidation sites excluding steroid dienone is 2. The first-order chi connectivity index (χ1) is 15.0. The molecule has 6 nitrogen and oxygen atoms in total. The molecular weight excluding hydrogens is 396 g/mol. The van der Waals surface area contributed by atoms with E-state index in [9.17, 15) is 15.0 Å². The molecule has 0 amide bonds. The molecule has 3 N–H and O–H groups in total. The molecule has 4 atom stereocenters. The van der Waals surface area contributed by atoms with Gasteiger partial charge in [0.15, 0.2) is 5.79 Å². The third kappa shape index (κ3) is 7.01. The Labute approximate surface area is 184 Å². The molecule has 0 radical (unpaired) electrons. The first-order valence-corrected chi connectivity index (χ1v) is 11.2. The predicted octanol–water partition coefficient (Wildman–Crippen LogP) is 3.48. The number of carboxylic acids is 1. The summed E-state index contributed by atoms with van der Waals surface area (Å²) in [5.74, 6) is -1.85. The molecule has 0 aromatic heterocycles. The fourth-order valence-corrected chi connectivity index (χ4v) is 4.46. The Balaban J connectivity index is 1.59. The first-order valence-electron chi connectivity index (χ1n) is 11.2. The molecule has 1 saturated heterocycles.